The molecule has 1 aliphatic rings. The van der Waals surface area contributed by atoms with Gasteiger partial charge in [-0.1, -0.05) is 17.3 Å². The van der Waals surface area contributed by atoms with Gasteiger partial charge in [0.2, 0.25) is 10.0 Å². The van der Waals surface area contributed by atoms with Crippen molar-refractivity contribution >= 4 is 15.9 Å². The van der Waals surface area contributed by atoms with Crippen LogP contribution in [-0.4, -0.2) is 54.9 Å². The van der Waals surface area contributed by atoms with Gasteiger partial charge >= 0.3 is 0 Å². The molecule has 9 heteroatoms. The molecule has 1 fully saturated rings. The third kappa shape index (κ3) is 3.16. The number of sulfonamides is 1. The van der Waals surface area contributed by atoms with E-state index in [-0.39, 0.29) is 37.0 Å². The quantitative estimate of drug-likeness (QED) is 0.822. The van der Waals surface area contributed by atoms with E-state index in [4.69, 9.17) is 4.52 Å². The molecule has 2 aromatic rings. The standard InChI is InChI=1S/C16H18FN3O4S/c1-11-15(12(2)24-18-11)16(21)19-7-9-20(10-8-19)25(22,23)14-6-4-3-5-13(14)17/h3-6H,7-10H2,1-2H3. The fourth-order valence-electron chi connectivity index (χ4n) is 2.87. The molecule has 1 aliphatic heterocycles. The number of hydrogen-bond acceptors (Lipinski definition) is 5. The Morgan fingerprint density at radius 3 is 2.36 bits per heavy atom. The Bertz CT molecular complexity index is 882. The van der Waals surface area contributed by atoms with Gasteiger partial charge in [0.15, 0.2) is 0 Å². The van der Waals surface area contributed by atoms with Crippen LogP contribution >= 0.6 is 0 Å². The average molecular weight is 367 g/mol. The predicted molar refractivity (Wildman–Crippen MR) is 87.0 cm³/mol. The molecule has 1 amide bonds. The van der Waals surface area contributed by atoms with Gasteiger partial charge < -0.3 is 9.42 Å². The van der Waals surface area contributed by atoms with Gasteiger partial charge in [0.1, 0.15) is 22.0 Å². The number of carbonyl (C=O) groups is 1. The van der Waals surface area contributed by atoms with Crippen molar-refractivity contribution in [1.82, 2.24) is 14.4 Å². The summed E-state index contributed by atoms with van der Waals surface area (Å²) < 4.78 is 45.2. The van der Waals surface area contributed by atoms with E-state index in [1.807, 2.05) is 0 Å². The van der Waals surface area contributed by atoms with Gasteiger partial charge in [0.05, 0.1) is 5.69 Å². The van der Waals surface area contributed by atoms with Crippen molar-refractivity contribution in [3.8, 4) is 0 Å². The van der Waals surface area contributed by atoms with Crippen LogP contribution in [0.1, 0.15) is 21.8 Å². The molecule has 0 spiro atoms. The molecular weight excluding hydrogens is 349 g/mol. The first kappa shape index (κ1) is 17.6. The van der Waals surface area contributed by atoms with Crippen LogP contribution < -0.4 is 0 Å². The maximum Gasteiger partial charge on any atom is 0.259 e. The number of halogens is 1. The van der Waals surface area contributed by atoms with Gasteiger partial charge in [-0.25, -0.2) is 12.8 Å². The van der Waals surface area contributed by atoms with Gasteiger partial charge in [0, 0.05) is 26.2 Å². The van der Waals surface area contributed by atoms with Crippen molar-refractivity contribution in [2.75, 3.05) is 26.2 Å². The number of piperazine rings is 1. The third-order valence-corrected chi connectivity index (χ3v) is 6.16. The lowest BCUT2D eigenvalue weighted by atomic mass is 10.1. The van der Waals surface area contributed by atoms with Gasteiger partial charge in [-0.15, -0.1) is 0 Å². The lowest BCUT2D eigenvalue weighted by Gasteiger charge is -2.34. The number of nitrogens with zero attached hydrogens (tertiary/aromatic N) is 3. The highest BCUT2D eigenvalue weighted by atomic mass is 32.2. The number of amides is 1. The summed E-state index contributed by atoms with van der Waals surface area (Å²) in [4.78, 5) is 13.8. The van der Waals surface area contributed by atoms with Crippen LogP contribution in [0.4, 0.5) is 4.39 Å². The highest BCUT2D eigenvalue weighted by molar-refractivity contribution is 7.89. The average Bonchev–Trinajstić information content (AvgIpc) is 2.93. The van der Waals surface area contributed by atoms with Crippen LogP contribution in [0.15, 0.2) is 33.7 Å². The largest absolute Gasteiger partial charge is 0.361 e. The zero-order valence-electron chi connectivity index (χ0n) is 13.9. The van der Waals surface area contributed by atoms with Crippen LogP contribution in [0, 0.1) is 19.7 Å². The summed E-state index contributed by atoms with van der Waals surface area (Å²) >= 11 is 0. The molecule has 0 saturated carbocycles. The molecule has 0 unspecified atom stereocenters. The predicted octanol–water partition coefficient (Wildman–Crippen LogP) is 1.58. The normalized spacial score (nSPS) is 16.2. The smallest absolute Gasteiger partial charge is 0.259 e. The van der Waals surface area contributed by atoms with Crippen LogP contribution in [0.3, 0.4) is 0 Å². The van der Waals surface area contributed by atoms with Crippen molar-refractivity contribution in [1.29, 1.82) is 0 Å². The number of carbonyl (C=O) groups excluding carboxylic acids is 1. The van der Waals surface area contributed by atoms with Crippen molar-refractivity contribution in [3.05, 3.63) is 47.1 Å². The number of aryl methyl sites for hydroxylation is 2. The third-order valence-electron chi connectivity index (χ3n) is 4.23. The Kier molecular flexibility index (Phi) is 4.61. The second-order valence-corrected chi connectivity index (χ2v) is 7.73. The van der Waals surface area contributed by atoms with E-state index in [0.29, 0.717) is 17.0 Å². The van der Waals surface area contributed by atoms with Crippen LogP contribution in [-0.2, 0) is 10.0 Å². The summed E-state index contributed by atoms with van der Waals surface area (Å²) in [6.45, 7) is 3.99. The second-order valence-electron chi connectivity index (χ2n) is 5.83. The Labute approximate surface area is 145 Å². The summed E-state index contributed by atoms with van der Waals surface area (Å²) in [6.07, 6.45) is 0. The first-order valence-electron chi connectivity index (χ1n) is 7.79. The van der Waals surface area contributed by atoms with Gasteiger partial charge in [-0.05, 0) is 26.0 Å². The molecule has 2 heterocycles. The number of rotatable bonds is 3. The van der Waals surface area contributed by atoms with Crippen molar-refractivity contribution in [2.45, 2.75) is 18.7 Å². The molecule has 7 nitrogen and oxygen atoms in total. The number of benzene rings is 1. The number of aromatic nitrogens is 1. The topological polar surface area (TPSA) is 83.7 Å². The summed E-state index contributed by atoms with van der Waals surface area (Å²) in [5.41, 5.74) is 0.911. The fourth-order valence-corrected chi connectivity index (χ4v) is 4.36. The molecule has 3 rings (SSSR count). The monoisotopic (exact) mass is 367 g/mol. The first-order valence-corrected chi connectivity index (χ1v) is 9.23. The summed E-state index contributed by atoms with van der Waals surface area (Å²) in [5, 5.41) is 3.77. The van der Waals surface area contributed by atoms with Gasteiger partial charge in [-0.3, -0.25) is 4.79 Å². The van der Waals surface area contributed by atoms with Crippen molar-refractivity contribution in [2.24, 2.45) is 0 Å². The number of hydrogen-bond donors (Lipinski definition) is 0. The highest BCUT2D eigenvalue weighted by Crippen LogP contribution is 2.22. The van der Waals surface area contributed by atoms with E-state index in [9.17, 15) is 17.6 Å². The molecule has 1 saturated heterocycles. The maximum absolute atomic E-state index is 13.8. The summed E-state index contributed by atoms with van der Waals surface area (Å²) in [7, 11) is -3.92. The Morgan fingerprint density at radius 1 is 1.16 bits per heavy atom. The van der Waals surface area contributed by atoms with Crippen molar-refractivity contribution in [3.63, 3.8) is 0 Å². The van der Waals surface area contributed by atoms with E-state index in [1.54, 1.807) is 18.7 Å². The molecule has 0 bridgehead atoms. The van der Waals surface area contributed by atoms with Gasteiger partial charge in [-0.2, -0.15) is 4.31 Å². The minimum atomic E-state index is -3.92. The SMILES string of the molecule is Cc1noc(C)c1C(=O)N1CCN(S(=O)(=O)c2ccccc2F)CC1. The highest BCUT2D eigenvalue weighted by Gasteiger charge is 2.33. The molecule has 1 aromatic carbocycles. The van der Waals surface area contributed by atoms with E-state index < -0.39 is 15.8 Å². The summed E-state index contributed by atoms with van der Waals surface area (Å²) in [6, 6.07) is 5.28. The van der Waals surface area contributed by atoms with E-state index in [2.05, 4.69) is 5.16 Å². The minimum Gasteiger partial charge on any atom is -0.361 e. The summed E-state index contributed by atoms with van der Waals surface area (Å²) in [5.74, 6) is -0.583. The molecule has 0 radical (unpaired) electrons. The minimum absolute atomic E-state index is 0.103. The van der Waals surface area contributed by atoms with E-state index >= 15 is 0 Å². The molecular formula is C16H18FN3O4S. The zero-order chi connectivity index (χ0) is 18.2. The van der Waals surface area contributed by atoms with Crippen molar-refractivity contribution < 1.29 is 22.1 Å². The Balaban J connectivity index is 1.74. The van der Waals surface area contributed by atoms with Crippen LogP contribution in [0.2, 0.25) is 0 Å². The first-order chi connectivity index (χ1) is 11.8. The molecule has 134 valence electrons. The Hall–Kier alpha value is -2.26. The Morgan fingerprint density at radius 2 is 1.80 bits per heavy atom. The van der Waals surface area contributed by atoms with E-state index in [1.165, 1.54) is 22.5 Å². The molecule has 25 heavy (non-hydrogen) atoms. The molecule has 1 aromatic heterocycles. The lowest BCUT2D eigenvalue weighted by Crippen LogP contribution is -2.50. The van der Waals surface area contributed by atoms with Gasteiger partial charge in [0.25, 0.3) is 5.91 Å². The maximum atomic E-state index is 13.8. The molecule has 0 aliphatic carbocycles. The molecule has 0 N–H and O–H groups in total. The van der Waals surface area contributed by atoms with Crippen LogP contribution in [0.5, 0.6) is 0 Å². The molecule has 0 atom stereocenters. The van der Waals surface area contributed by atoms with E-state index in [0.717, 1.165) is 6.07 Å². The lowest BCUT2D eigenvalue weighted by molar-refractivity contribution is 0.0695. The fraction of sp³-hybridized carbons (Fsp3) is 0.375. The van der Waals surface area contributed by atoms with Crippen LogP contribution in [0.25, 0.3) is 0 Å². The zero-order valence-corrected chi connectivity index (χ0v) is 14.7. The second kappa shape index (κ2) is 6.57.